The summed E-state index contributed by atoms with van der Waals surface area (Å²) in [5, 5.41) is 2.88. The average Bonchev–Trinajstić information content (AvgIpc) is 2.80. The Bertz CT molecular complexity index is 1100. The van der Waals surface area contributed by atoms with Crippen molar-refractivity contribution in [1.29, 1.82) is 0 Å². The second-order valence-electron chi connectivity index (χ2n) is 6.65. The number of benzene rings is 1. The van der Waals surface area contributed by atoms with Crippen LogP contribution < -0.4 is 16.0 Å². The quantitative estimate of drug-likeness (QED) is 0.647. The Morgan fingerprint density at radius 3 is 2.60 bits per heavy atom. The molecular formula is C22H20N6O2. The largest absolute Gasteiger partial charge is 0.378 e. The molecule has 8 nitrogen and oxygen atoms in total. The Labute approximate surface area is 174 Å². The molecule has 1 saturated heterocycles. The zero-order valence-corrected chi connectivity index (χ0v) is 16.2. The van der Waals surface area contributed by atoms with Crippen molar-refractivity contribution in [3.8, 4) is 11.8 Å². The van der Waals surface area contributed by atoms with Crippen LogP contribution in [-0.4, -0.2) is 47.2 Å². The number of hydrogen-bond acceptors (Lipinski definition) is 7. The number of aromatic nitrogens is 3. The van der Waals surface area contributed by atoms with Gasteiger partial charge in [0.2, 0.25) is 5.95 Å². The molecule has 0 unspecified atom stereocenters. The molecular weight excluding hydrogens is 380 g/mol. The maximum Gasteiger partial charge on any atom is 0.255 e. The van der Waals surface area contributed by atoms with E-state index in [1.807, 2.05) is 18.2 Å². The Morgan fingerprint density at radius 2 is 1.80 bits per heavy atom. The van der Waals surface area contributed by atoms with Gasteiger partial charge in [-0.25, -0.2) is 9.97 Å². The minimum Gasteiger partial charge on any atom is -0.378 e. The lowest BCUT2D eigenvalue weighted by molar-refractivity contribution is 0.102. The first kappa shape index (κ1) is 19.4. The van der Waals surface area contributed by atoms with Gasteiger partial charge in [0, 0.05) is 48.5 Å². The molecule has 0 radical (unpaired) electrons. The summed E-state index contributed by atoms with van der Waals surface area (Å²) < 4.78 is 5.39. The molecule has 3 aromatic rings. The van der Waals surface area contributed by atoms with Crippen molar-refractivity contribution in [1.82, 2.24) is 15.0 Å². The van der Waals surface area contributed by atoms with E-state index in [9.17, 15) is 4.79 Å². The van der Waals surface area contributed by atoms with Crippen molar-refractivity contribution in [2.24, 2.45) is 0 Å². The van der Waals surface area contributed by atoms with Gasteiger partial charge in [0.1, 0.15) is 0 Å². The van der Waals surface area contributed by atoms with Crippen LogP contribution in [0.25, 0.3) is 0 Å². The summed E-state index contributed by atoms with van der Waals surface area (Å²) in [6.45, 7) is 3.01. The van der Waals surface area contributed by atoms with E-state index < -0.39 is 0 Å². The fourth-order valence-electron chi connectivity index (χ4n) is 2.99. The van der Waals surface area contributed by atoms with E-state index in [1.165, 1.54) is 0 Å². The van der Waals surface area contributed by atoms with Crippen LogP contribution in [0, 0.1) is 11.8 Å². The third kappa shape index (κ3) is 4.90. The van der Waals surface area contributed by atoms with E-state index in [4.69, 9.17) is 10.5 Å². The van der Waals surface area contributed by atoms with E-state index in [0.29, 0.717) is 35.6 Å². The van der Waals surface area contributed by atoms with Gasteiger partial charge in [-0.05, 0) is 24.3 Å². The number of amides is 1. The van der Waals surface area contributed by atoms with Crippen molar-refractivity contribution >= 4 is 23.2 Å². The Balaban J connectivity index is 1.46. The second kappa shape index (κ2) is 9.03. The van der Waals surface area contributed by atoms with E-state index in [1.54, 1.807) is 36.9 Å². The van der Waals surface area contributed by atoms with Crippen LogP contribution in [0.3, 0.4) is 0 Å². The number of nitrogens with one attached hydrogen (secondary N) is 1. The average molecular weight is 400 g/mol. The van der Waals surface area contributed by atoms with Crippen LogP contribution in [0.4, 0.5) is 17.3 Å². The van der Waals surface area contributed by atoms with Gasteiger partial charge in [-0.1, -0.05) is 17.9 Å². The number of nitrogens with two attached hydrogens (primary N) is 1. The first-order chi connectivity index (χ1) is 14.7. The summed E-state index contributed by atoms with van der Waals surface area (Å²) in [6, 6.07) is 9.33. The lowest BCUT2D eigenvalue weighted by Crippen LogP contribution is -2.36. The molecule has 1 aliphatic rings. The second-order valence-corrected chi connectivity index (χ2v) is 6.65. The molecule has 3 N–H and O–H groups in total. The molecule has 1 aromatic carbocycles. The van der Waals surface area contributed by atoms with Crippen molar-refractivity contribution in [3.63, 3.8) is 0 Å². The van der Waals surface area contributed by atoms with Crippen molar-refractivity contribution in [3.05, 3.63) is 71.8 Å². The SMILES string of the molecule is Nc1ncc(C#Cc2cncc(NC(=O)c3cccc(N4CCOCC4)c3)c2)cn1. The van der Waals surface area contributed by atoms with Gasteiger partial charge in [-0.15, -0.1) is 0 Å². The number of rotatable bonds is 3. The molecule has 8 heteroatoms. The lowest BCUT2D eigenvalue weighted by Gasteiger charge is -2.29. The monoisotopic (exact) mass is 400 g/mol. The van der Waals surface area contributed by atoms with Gasteiger partial charge >= 0.3 is 0 Å². The molecule has 1 fully saturated rings. The number of nitrogens with zero attached hydrogens (tertiary/aromatic N) is 4. The maximum atomic E-state index is 12.7. The van der Waals surface area contributed by atoms with Gasteiger partial charge in [-0.2, -0.15) is 0 Å². The highest BCUT2D eigenvalue weighted by atomic mass is 16.5. The molecule has 2 aromatic heterocycles. The molecule has 0 saturated carbocycles. The zero-order chi connectivity index (χ0) is 20.8. The van der Waals surface area contributed by atoms with E-state index in [0.717, 1.165) is 18.8 Å². The Morgan fingerprint density at radius 1 is 1.03 bits per heavy atom. The van der Waals surface area contributed by atoms with Gasteiger partial charge in [0.25, 0.3) is 5.91 Å². The van der Waals surface area contributed by atoms with Gasteiger partial charge in [0.05, 0.1) is 30.7 Å². The highest BCUT2D eigenvalue weighted by Crippen LogP contribution is 2.19. The van der Waals surface area contributed by atoms with Crippen LogP contribution >= 0.6 is 0 Å². The van der Waals surface area contributed by atoms with Gasteiger partial charge in [0.15, 0.2) is 0 Å². The van der Waals surface area contributed by atoms with Crippen molar-refractivity contribution < 1.29 is 9.53 Å². The smallest absolute Gasteiger partial charge is 0.255 e. The van der Waals surface area contributed by atoms with Crippen molar-refractivity contribution in [2.75, 3.05) is 42.3 Å². The Kier molecular flexibility index (Phi) is 5.83. The molecule has 150 valence electrons. The number of pyridine rings is 1. The van der Waals surface area contributed by atoms with Gasteiger partial charge in [-0.3, -0.25) is 9.78 Å². The van der Waals surface area contributed by atoms with Crippen LogP contribution in [0.15, 0.2) is 55.1 Å². The molecule has 4 rings (SSSR count). The molecule has 1 aliphatic heterocycles. The minimum absolute atomic E-state index is 0.199. The normalized spacial score (nSPS) is 13.3. The molecule has 0 bridgehead atoms. The predicted molar refractivity (Wildman–Crippen MR) is 114 cm³/mol. The van der Waals surface area contributed by atoms with Crippen LogP contribution in [0.5, 0.6) is 0 Å². The summed E-state index contributed by atoms with van der Waals surface area (Å²) in [6.07, 6.45) is 6.31. The first-order valence-electron chi connectivity index (χ1n) is 9.46. The third-order valence-corrected chi connectivity index (χ3v) is 4.50. The number of ether oxygens (including phenoxy) is 1. The molecule has 1 amide bonds. The number of hydrogen-bond donors (Lipinski definition) is 2. The fraction of sp³-hybridized carbons (Fsp3) is 0.182. The van der Waals surface area contributed by atoms with Crippen molar-refractivity contribution in [2.45, 2.75) is 0 Å². The number of carbonyl (C=O) groups is 1. The third-order valence-electron chi connectivity index (χ3n) is 4.50. The van der Waals surface area contributed by atoms with E-state index in [-0.39, 0.29) is 11.9 Å². The van der Waals surface area contributed by atoms with Gasteiger partial charge < -0.3 is 20.7 Å². The van der Waals surface area contributed by atoms with Crippen LogP contribution in [0.1, 0.15) is 21.5 Å². The highest BCUT2D eigenvalue weighted by molar-refractivity contribution is 6.04. The number of nitrogen functional groups attached to an aromatic ring is 1. The topological polar surface area (TPSA) is 106 Å². The molecule has 0 aliphatic carbocycles. The Hall–Kier alpha value is -3.96. The summed E-state index contributed by atoms with van der Waals surface area (Å²) in [7, 11) is 0. The van der Waals surface area contributed by atoms with E-state index >= 15 is 0 Å². The predicted octanol–water partition coefficient (Wildman–Crippen LogP) is 1.94. The first-order valence-corrected chi connectivity index (χ1v) is 9.46. The summed E-state index contributed by atoms with van der Waals surface area (Å²) in [5.74, 6) is 5.92. The standard InChI is InChI=1S/C22H20N6O2/c23-22-25-13-17(14-26-22)5-4-16-10-19(15-24-12-16)27-21(29)18-2-1-3-20(11-18)28-6-8-30-9-7-28/h1-3,10-15H,6-9H2,(H,27,29)(H2,23,25,26). The summed E-state index contributed by atoms with van der Waals surface area (Å²) >= 11 is 0. The lowest BCUT2D eigenvalue weighted by atomic mass is 10.1. The highest BCUT2D eigenvalue weighted by Gasteiger charge is 2.13. The molecule has 0 spiro atoms. The summed E-state index contributed by atoms with van der Waals surface area (Å²) in [4.78, 5) is 26.9. The fourth-order valence-corrected chi connectivity index (χ4v) is 2.99. The molecule has 0 atom stereocenters. The van der Waals surface area contributed by atoms with E-state index in [2.05, 4.69) is 37.0 Å². The zero-order valence-electron chi connectivity index (χ0n) is 16.2. The minimum atomic E-state index is -0.205. The maximum absolute atomic E-state index is 12.7. The number of morpholine rings is 1. The van der Waals surface area contributed by atoms with Crippen LogP contribution in [-0.2, 0) is 4.74 Å². The number of anilines is 3. The molecule has 30 heavy (non-hydrogen) atoms. The number of carbonyl (C=O) groups excluding carboxylic acids is 1. The molecule has 3 heterocycles. The summed E-state index contributed by atoms with van der Waals surface area (Å²) in [5.41, 5.74) is 8.92. The van der Waals surface area contributed by atoms with Crippen LogP contribution in [0.2, 0.25) is 0 Å².